The Balaban J connectivity index is 1.72. The Bertz CT molecular complexity index is 723. The maximum Gasteiger partial charge on any atom is 0.339 e. The van der Waals surface area contributed by atoms with Crippen molar-refractivity contribution in [3.8, 4) is 0 Å². The van der Waals surface area contributed by atoms with Gasteiger partial charge in [0.05, 0.1) is 0 Å². The van der Waals surface area contributed by atoms with Gasteiger partial charge >= 0.3 is 6.03 Å². The zero-order valence-electron chi connectivity index (χ0n) is 11.2. The van der Waals surface area contributed by atoms with E-state index in [9.17, 15) is 9.59 Å². The molecule has 1 aliphatic rings. The summed E-state index contributed by atoms with van der Waals surface area (Å²) >= 11 is 0. The summed E-state index contributed by atoms with van der Waals surface area (Å²) in [7, 11) is 0. The lowest BCUT2D eigenvalue weighted by atomic mass is 10.1. The third-order valence-corrected chi connectivity index (χ3v) is 3.19. The van der Waals surface area contributed by atoms with Crippen LogP contribution in [-0.2, 0) is 11.2 Å². The van der Waals surface area contributed by atoms with Crippen LogP contribution in [-0.4, -0.2) is 17.5 Å². The van der Waals surface area contributed by atoms with E-state index in [-0.39, 0.29) is 5.78 Å². The predicted octanol–water partition coefficient (Wildman–Crippen LogP) is 2.34. The molecule has 104 valence electrons. The molecule has 2 aromatic carbocycles. The molecule has 0 spiro atoms. The number of nitrogens with one attached hydrogen (secondary N) is 2. The van der Waals surface area contributed by atoms with E-state index in [1.54, 1.807) is 12.1 Å². The highest BCUT2D eigenvalue weighted by Gasteiger charge is 2.25. The van der Waals surface area contributed by atoms with Crippen LogP contribution in [0.5, 0.6) is 0 Å². The van der Waals surface area contributed by atoms with Gasteiger partial charge in [0, 0.05) is 17.7 Å². The van der Waals surface area contributed by atoms with Crippen LogP contribution in [0.2, 0.25) is 0 Å². The van der Waals surface area contributed by atoms with Crippen LogP contribution in [0.25, 0.3) is 0 Å². The van der Waals surface area contributed by atoms with Gasteiger partial charge in [0.15, 0.2) is 5.78 Å². The van der Waals surface area contributed by atoms with Gasteiger partial charge in [-0.2, -0.15) is 5.10 Å². The van der Waals surface area contributed by atoms with E-state index >= 15 is 0 Å². The molecule has 0 heterocycles. The number of benzene rings is 2. The molecule has 3 rings (SSSR count). The van der Waals surface area contributed by atoms with Crippen LogP contribution in [0.3, 0.4) is 0 Å². The second-order valence-electron chi connectivity index (χ2n) is 4.65. The lowest BCUT2D eigenvalue weighted by Crippen LogP contribution is -2.26. The number of anilines is 1. The Morgan fingerprint density at radius 1 is 1.00 bits per heavy atom. The van der Waals surface area contributed by atoms with Gasteiger partial charge in [0.2, 0.25) is 0 Å². The molecule has 0 radical (unpaired) electrons. The van der Waals surface area contributed by atoms with Crippen LogP contribution < -0.4 is 10.7 Å². The molecule has 0 unspecified atom stereocenters. The third-order valence-electron chi connectivity index (χ3n) is 3.19. The molecule has 0 aliphatic heterocycles. The summed E-state index contributed by atoms with van der Waals surface area (Å²) in [4.78, 5) is 23.6. The summed E-state index contributed by atoms with van der Waals surface area (Å²) in [6.45, 7) is 0. The number of hydrogen-bond acceptors (Lipinski definition) is 3. The number of hydrazone groups is 1. The van der Waals surface area contributed by atoms with E-state index < -0.39 is 6.03 Å². The third kappa shape index (κ3) is 2.81. The quantitative estimate of drug-likeness (QED) is 0.828. The number of fused-ring (bicyclic) bond motifs is 1. The molecule has 2 amide bonds. The Labute approximate surface area is 121 Å². The average Bonchev–Trinajstić information content (AvgIpc) is 2.81. The SMILES string of the molecule is O=C(N/N=C1\C(=O)Cc2ccccc21)Nc1ccccc1. The summed E-state index contributed by atoms with van der Waals surface area (Å²) < 4.78 is 0. The van der Waals surface area contributed by atoms with Crippen molar-refractivity contribution < 1.29 is 9.59 Å². The van der Waals surface area contributed by atoms with Crippen LogP contribution in [0, 0.1) is 0 Å². The van der Waals surface area contributed by atoms with Crippen molar-refractivity contribution in [2.75, 3.05) is 5.32 Å². The van der Waals surface area contributed by atoms with Crippen LogP contribution >= 0.6 is 0 Å². The first-order chi connectivity index (χ1) is 10.2. The monoisotopic (exact) mass is 279 g/mol. The predicted molar refractivity (Wildman–Crippen MR) is 80.3 cm³/mol. The molecule has 21 heavy (non-hydrogen) atoms. The highest BCUT2D eigenvalue weighted by molar-refractivity contribution is 6.49. The summed E-state index contributed by atoms with van der Waals surface area (Å²) in [6, 6.07) is 16.0. The number of hydrogen-bond donors (Lipinski definition) is 2. The van der Waals surface area contributed by atoms with Gasteiger partial charge in [-0.1, -0.05) is 42.5 Å². The fourth-order valence-electron chi connectivity index (χ4n) is 2.22. The number of rotatable bonds is 2. The van der Waals surface area contributed by atoms with Crippen molar-refractivity contribution in [1.82, 2.24) is 5.43 Å². The lowest BCUT2D eigenvalue weighted by Gasteiger charge is -2.04. The van der Waals surface area contributed by atoms with Crippen molar-refractivity contribution in [1.29, 1.82) is 0 Å². The van der Waals surface area contributed by atoms with Crippen LogP contribution in [0.15, 0.2) is 59.7 Å². The van der Waals surface area contributed by atoms with E-state index in [2.05, 4.69) is 15.8 Å². The van der Waals surface area contributed by atoms with Crippen molar-refractivity contribution in [2.45, 2.75) is 6.42 Å². The number of ketones is 1. The minimum atomic E-state index is -0.481. The van der Waals surface area contributed by atoms with Gasteiger partial charge in [-0.25, -0.2) is 10.2 Å². The van der Waals surface area contributed by atoms with E-state index in [0.29, 0.717) is 17.8 Å². The van der Waals surface area contributed by atoms with Gasteiger partial charge < -0.3 is 5.32 Å². The topological polar surface area (TPSA) is 70.6 Å². The van der Waals surface area contributed by atoms with Gasteiger partial charge in [0.25, 0.3) is 0 Å². The lowest BCUT2D eigenvalue weighted by molar-refractivity contribution is -0.112. The Morgan fingerprint density at radius 3 is 2.52 bits per heavy atom. The van der Waals surface area contributed by atoms with Crippen LogP contribution in [0.4, 0.5) is 10.5 Å². The maximum absolute atomic E-state index is 11.9. The molecule has 2 N–H and O–H groups in total. The van der Waals surface area contributed by atoms with Gasteiger partial charge in [-0.05, 0) is 17.7 Å². The molecule has 1 aliphatic carbocycles. The first kappa shape index (κ1) is 13.1. The van der Waals surface area contributed by atoms with Gasteiger partial charge in [-0.15, -0.1) is 0 Å². The second kappa shape index (κ2) is 5.58. The number of amides is 2. The number of nitrogens with zero attached hydrogens (tertiary/aromatic N) is 1. The van der Waals surface area contributed by atoms with Crippen molar-refractivity contribution in [3.05, 3.63) is 65.7 Å². The number of carbonyl (C=O) groups is 2. The Hall–Kier alpha value is -2.95. The zero-order chi connectivity index (χ0) is 14.7. The molecule has 0 aromatic heterocycles. The summed E-state index contributed by atoms with van der Waals surface area (Å²) in [5, 5.41) is 6.58. The summed E-state index contributed by atoms with van der Waals surface area (Å²) in [5.74, 6) is -0.0868. The number of Topliss-reactive ketones (excluding diaryl/α,β-unsaturated/α-hetero) is 1. The molecule has 2 aromatic rings. The minimum absolute atomic E-state index is 0.0868. The smallest absolute Gasteiger partial charge is 0.307 e. The van der Waals surface area contributed by atoms with Crippen molar-refractivity contribution >= 4 is 23.2 Å². The fourth-order valence-corrected chi connectivity index (χ4v) is 2.22. The van der Waals surface area contributed by atoms with Crippen molar-refractivity contribution in [3.63, 3.8) is 0 Å². The number of carbonyl (C=O) groups excluding carboxylic acids is 2. The minimum Gasteiger partial charge on any atom is -0.307 e. The largest absolute Gasteiger partial charge is 0.339 e. The molecule has 0 bridgehead atoms. The Morgan fingerprint density at radius 2 is 1.71 bits per heavy atom. The zero-order valence-corrected chi connectivity index (χ0v) is 11.2. The molecule has 0 fully saturated rings. The van der Waals surface area contributed by atoms with E-state index in [1.165, 1.54) is 0 Å². The Kier molecular flexibility index (Phi) is 3.47. The molecule has 5 nitrogen and oxygen atoms in total. The van der Waals surface area contributed by atoms with Crippen LogP contribution in [0.1, 0.15) is 11.1 Å². The normalized spacial score (nSPS) is 14.9. The average molecular weight is 279 g/mol. The number of urea groups is 1. The van der Waals surface area contributed by atoms with Gasteiger partial charge in [-0.3, -0.25) is 4.79 Å². The second-order valence-corrected chi connectivity index (χ2v) is 4.65. The molecular formula is C16H13N3O2. The first-order valence-corrected chi connectivity index (χ1v) is 6.55. The number of para-hydroxylation sites is 1. The molecule has 0 saturated carbocycles. The van der Waals surface area contributed by atoms with E-state index in [1.807, 2.05) is 42.5 Å². The van der Waals surface area contributed by atoms with E-state index in [0.717, 1.165) is 11.1 Å². The first-order valence-electron chi connectivity index (χ1n) is 6.55. The molecule has 0 atom stereocenters. The fraction of sp³-hybridized carbons (Fsp3) is 0.0625. The molecule has 5 heteroatoms. The highest BCUT2D eigenvalue weighted by Crippen LogP contribution is 2.19. The highest BCUT2D eigenvalue weighted by atomic mass is 16.2. The molecule has 0 saturated heterocycles. The summed E-state index contributed by atoms with van der Waals surface area (Å²) in [6.07, 6.45) is 0.330. The standard InChI is InChI=1S/C16H13N3O2/c20-14-10-11-6-4-5-9-13(11)15(14)18-19-16(21)17-12-7-2-1-3-8-12/h1-9H,10H2,(H2,17,19,21)/b18-15-. The summed E-state index contributed by atoms with van der Waals surface area (Å²) in [5.41, 5.74) is 5.04. The van der Waals surface area contributed by atoms with E-state index in [4.69, 9.17) is 0 Å². The van der Waals surface area contributed by atoms with Crippen molar-refractivity contribution in [2.24, 2.45) is 5.10 Å². The van der Waals surface area contributed by atoms with Gasteiger partial charge in [0.1, 0.15) is 5.71 Å². The molecular weight excluding hydrogens is 266 g/mol. The maximum atomic E-state index is 11.9.